The third kappa shape index (κ3) is 3.69. The Morgan fingerprint density at radius 3 is 2.80 bits per heavy atom. The lowest BCUT2D eigenvalue weighted by Gasteiger charge is -2.17. The van der Waals surface area contributed by atoms with Gasteiger partial charge in [0.2, 0.25) is 5.88 Å². The summed E-state index contributed by atoms with van der Waals surface area (Å²) in [5.41, 5.74) is 1.94. The number of ether oxygens (including phenoxy) is 1. The number of likely N-dealkylation sites (N-methyl/N-ethyl adjacent to an activating group) is 1. The van der Waals surface area contributed by atoms with E-state index in [9.17, 15) is 0 Å². The topological polar surface area (TPSA) is 47.0 Å². The van der Waals surface area contributed by atoms with E-state index in [0.717, 1.165) is 27.2 Å². The van der Waals surface area contributed by atoms with E-state index < -0.39 is 0 Å². The monoisotopic (exact) mass is 355 g/mol. The molecule has 1 aromatic heterocycles. The molecule has 0 aliphatic heterocycles. The molecule has 1 heterocycles. The van der Waals surface area contributed by atoms with Gasteiger partial charge in [-0.05, 0) is 31.2 Å². The smallest absolute Gasteiger partial charge is 0.216 e. The maximum absolute atomic E-state index is 6.26. The molecule has 20 heavy (non-hydrogen) atoms. The van der Waals surface area contributed by atoms with E-state index in [-0.39, 0.29) is 6.04 Å². The molecule has 2 aromatic rings. The third-order valence-electron chi connectivity index (χ3n) is 3.02. The number of rotatable bonds is 5. The lowest BCUT2D eigenvalue weighted by molar-refractivity contribution is 0.394. The molecule has 0 spiro atoms. The number of halogens is 2. The molecule has 1 unspecified atom stereocenters. The Balaban J connectivity index is 2.23. The Morgan fingerprint density at radius 2 is 2.15 bits per heavy atom. The third-order valence-corrected chi connectivity index (χ3v) is 3.86. The second kappa shape index (κ2) is 7.02. The summed E-state index contributed by atoms with van der Waals surface area (Å²) in [7, 11) is 3.48. The van der Waals surface area contributed by atoms with Gasteiger partial charge in [0, 0.05) is 15.6 Å². The van der Waals surface area contributed by atoms with E-state index in [2.05, 4.69) is 31.2 Å². The quantitative estimate of drug-likeness (QED) is 0.892. The maximum atomic E-state index is 6.26. The molecule has 0 fully saturated rings. The second-order valence-electron chi connectivity index (χ2n) is 4.27. The molecule has 2 rings (SSSR count). The lowest BCUT2D eigenvalue weighted by atomic mass is 10.0. The largest absolute Gasteiger partial charge is 0.481 e. The van der Waals surface area contributed by atoms with Crippen LogP contribution in [0.3, 0.4) is 0 Å². The molecule has 6 heteroatoms. The zero-order valence-corrected chi connectivity index (χ0v) is 13.6. The van der Waals surface area contributed by atoms with E-state index in [0.29, 0.717) is 5.88 Å². The normalized spacial score (nSPS) is 12.2. The molecular formula is C14H15BrClN3O. The van der Waals surface area contributed by atoms with Gasteiger partial charge in [0.1, 0.15) is 6.33 Å². The number of hydrogen-bond acceptors (Lipinski definition) is 4. The molecule has 0 bridgehead atoms. The Hall–Kier alpha value is -1.17. The van der Waals surface area contributed by atoms with Gasteiger partial charge in [0.25, 0.3) is 0 Å². The summed E-state index contributed by atoms with van der Waals surface area (Å²) in [6, 6.07) is 7.76. The first-order valence-electron chi connectivity index (χ1n) is 6.11. The molecule has 0 saturated carbocycles. The van der Waals surface area contributed by atoms with Crippen LogP contribution in [0.25, 0.3) is 0 Å². The molecule has 0 saturated heterocycles. The van der Waals surface area contributed by atoms with Crippen molar-refractivity contribution in [3.05, 3.63) is 51.3 Å². The zero-order valence-electron chi connectivity index (χ0n) is 11.2. The second-order valence-corrected chi connectivity index (χ2v) is 5.59. The highest BCUT2D eigenvalue weighted by Gasteiger charge is 2.14. The number of methoxy groups -OCH3 is 1. The van der Waals surface area contributed by atoms with Crippen molar-refractivity contribution in [1.82, 2.24) is 15.3 Å². The van der Waals surface area contributed by atoms with Crippen LogP contribution in [0.1, 0.15) is 17.3 Å². The minimum atomic E-state index is 0.0468. The predicted octanol–water partition coefficient (Wildman–Crippen LogP) is 3.40. The molecule has 1 N–H and O–H groups in total. The van der Waals surface area contributed by atoms with E-state index in [1.807, 2.05) is 31.3 Å². The molecule has 0 aliphatic rings. The first-order valence-corrected chi connectivity index (χ1v) is 7.28. The maximum Gasteiger partial charge on any atom is 0.216 e. The van der Waals surface area contributed by atoms with Crippen LogP contribution in [0.15, 0.2) is 35.1 Å². The van der Waals surface area contributed by atoms with Gasteiger partial charge >= 0.3 is 0 Å². The fraction of sp³-hybridized carbons (Fsp3) is 0.286. The van der Waals surface area contributed by atoms with Crippen molar-refractivity contribution in [2.24, 2.45) is 0 Å². The minimum absolute atomic E-state index is 0.0468. The van der Waals surface area contributed by atoms with E-state index >= 15 is 0 Å². The van der Waals surface area contributed by atoms with E-state index in [1.165, 1.54) is 6.33 Å². The Kier molecular flexibility index (Phi) is 5.34. The molecule has 1 atom stereocenters. The molecule has 0 amide bonds. The minimum Gasteiger partial charge on any atom is -0.481 e. The average Bonchev–Trinajstić information content (AvgIpc) is 2.46. The van der Waals surface area contributed by atoms with Gasteiger partial charge in [-0.1, -0.05) is 33.6 Å². The highest BCUT2D eigenvalue weighted by atomic mass is 79.9. The Morgan fingerprint density at radius 1 is 1.35 bits per heavy atom. The Labute approximate surface area is 131 Å². The van der Waals surface area contributed by atoms with Gasteiger partial charge in [0.05, 0.1) is 18.8 Å². The van der Waals surface area contributed by atoms with Crippen LogP contribution in [0.4, 0.5) is 0 Å². The number of aromatic nitrogens is 2. The fourth-order valence-electron chi connectivity index (χ4n) is 1.92. The highest BCUT2D eigenvalue weighted by molar-refractivity contribution is 9.10. The van der Waals surface area contributed by atoms with E-state index in [4.69, 9.17) is 16.3 Å². The van der Waals surface area contributed by atoms with Crippen molar-refractivity contribution in [1.29, 1.82) is 0 Å². The molecule has 4 nitrogen and oxygen atoms in total. The van der Waals surface area contributed by atoms with Crippen LogP contribution >= 0.6 is 27.5 Å². The first kappa shape index (κ1) is 15.2. The van der Waals surface area contributed by atoms with Crippen LogP contribution in [0, 0.1) is 0 Å². The summed E-state index contributed by atoms with van der Waals surface area (Å²) < 4.78 is 6.10. The van der Waals surface area contributed by atoms with Gasteiger partial charge in [-0.2, -0.15) is 0 Å². The van der Waals surface area contributed by atoms with Crippen LogP contribution in [0.2, 0.25) is 5.02 Å². The summed E-state index contributed by atoms with van der Waals surface area (Å²) in [4.78, 5) is 8.31. The van der Waals surface area contributed by atoms with Crippen molar-refractivity contribution < 1.29 is 4.74 Å². The summed E-state index contributed by atoms with van der Waals surface area (Å²) in [6.07, 6.45) is 2.24. The van der Waals surface area contributed by atoms with Crippen molar-refractivity contribution in [2.75, 3.05) is 14.2 Å². The standard InChI is InChI=1S/C14H15BrClN3O/c1-17-12(13-7-14(20-2)19-8-18-13)5-9-3-4-10(15)6-11(9)16/h3-4,6-8,12,17H,5H2,1-2H3. The molecule has 106 valence electrons. The van der Waals surface area contributed by atoms with Crippen molar-refractivity contribution in [2.45, 2.75) is 12.5 Å². The van der Waals surface area contributed by atoms with Crippen molar-refractivity contribution >= 4 is 27.5 Å². The van der Waals surface area contributed by atoms with Gasteiger partial charge in [-0.3, -0.25) is 0 Å². The summed E-state index contributed by atoms with van der Waals surface area (Å²) >= 11 is 9.67. The summed E-state index contributed by atoms with van der Waals surface area (Å²) in [5.74, 6) is 0.553. The summed E-state index contributed by atoms with van der Waals surface area (Å²) in [5, 5.41) is 3.98. The van der Waals surface area contributed by atoms with Gasteiger partial charge in [-0.15, -0.1) is 0 Å². The van der Waals surface area contributed by atoms with Crippen molar-refractivity contribution in [3.63, 3.8) is 0 Å². The molecule has 1 aromatic carbocycles. The molecular weight excluding hydrogens is 342 g/mol. The van der Waals surface area contributed by atoms with Gasteiger partial charge in [-0.25, -0.2) is 9.97 Å². The molecule has 0 aliphatic carbocycles. The van der Waals surface area contributed by atoms with Crippen molar-refractivity contribution in [3.8, 4) is 5.88 Å². The number of nitrogens with zero attached hydrogens (tertiary/aromatic N) is 2. The number of benzene rings is 1. The average molecular weight is 357 g/mol. The predicted molar refractivity (Wildman–Crippen MR) is 83.2 cm³/mol. The van der Waals surface area contributed by atoms with E-state index in [1.54, 1.807) is 7.11 Å². The first-order chi connectivity index (χ1) is 9.63. The highest BCUT2D eigenvalue weighted by Crippen LogP contribution is 2.26. The lowest BCUT2D eigenvalue weighted by Crippen LogP contribution is -2.20. The van der Waals surface area contributed by atoms with Crippen LogP contribution in [-0.2, 0) is 6.42 Å². The van der Waals surface area contributed by atoms with Crippen LogP contribution < -0.4 is 10.1 Å². The van der Waals surface area contributed by atoms with Gasteiger partial charge in [0.15, 0.2) is 0 Å². The Bertz CT molecular complexity index is 594. The SMILES string of the molecule is CNC(Cc1ccc(Br)cc1Cl)c1cc(OC)ncn1. The fourth-order valence-corrected chi connectivity index (χ4v) is 2.67. The van der Waals surface area contributed by atoms with Crippen LogP contribution in [-0.4, -0.2) is 24.1 Å². The molecule has 0 radical (unpaired) electrons. The zero-order chi connectivity index (χ0) is 14.5. The number of hydrogen-bond donors (Lipinski definition) is 1. The number of nitrogens with one attached hydrogen (secondary N) is 1. The van der Waals surface area contributed by atoms with Crippen LogP contribution in [0.5, 0.6) is 5.88 Å². The summed E-state index contributed by atoms with van der Waals surface area (Å²) in [6.45, 7) is 0. The van der Waals surface area contributed by atoms with Gasteiger partial charge < -0.3 is 10.1 Å².